The number of benzene rings is 3. The molecule has 146 valence electrons. The van der Waals surface area contributed by atoms with Crippen molar-refractivity contribution >= 4 is 22.4 Å². The number of hydrogen-bond donors (Lipinski definition) is 2. The third kappa shape index (κ3) is 4.70. The molecule has 0 bridgehead atoms. The number of carbonyl (C=O) groups excluding carboxylic acids is 1. The number of methoxy groups -OCH3 is 1. The van der Waals surface area contributed by atoms with E-state index in [2.05, 4.69) is 49.6 Å². The molecule has 0 heterocycles. The molecular weight excluding hydrogens is 348 g/mol. The zero-order chi connectivity index (χ0) is 20.1. The Morgan fingerprint density at radius 3 is 2.57 bits per heavy atom. The predicted molar refractivity (Wildman–Crippen MR) is 115 cm³/mol. The molecule has 0 aliphatic carbocycles. The van der Waals surface area contributed by atoms with Crippen molar-refractivity contribution < 1.29 is 14.4 Å². The standard InChI is InChI=1S/C24H28N2O2/c1-5-19-8-6-7-17(2)24(19)25-23(27)16-26(3)15-18-9-10-21-14-22(28-4)12-11-20(21)13-18/h6-14H,5,15-16H2,1-4H3,(H,25,27)/p+1. The van der Waals surface area contributed by atoms with E-state index < -0.39 is 0 Å². The van der Waals surface area contributed by atoms with Crippen molar-refractivity contribution in [1.29, 1.82) is 0 Å². The van der Waals surface area contributed by atoms with Gasteiger partial charge in [0, 0.05) is 11.3 Å². The minimum atomic E-state index is 0.0482. The van der Waals surface area contributed by atoms with Gasteiger partial charge < -0.3 is 15.0 Å². The van der Waals surface area contributed by atoms with Crippen LogP contribution in [0, 0.1) is 6.92 Å². The summed E-state index contributed by atoms with van der Waals surface area (Å²) in [6.45, 7) is 5.37. The van der Waals surface area contributed by atoms with E-state index in [0.29, 0.717) is 6.54 Å². The molecule has 0 aromatic heterocycles. The zero-order valence-corrected chi connectivity index (χ0v) is 17.1. The van der Waals surface area contributed by atoms with Crippen molar-refractivity contribution in [2.45, 2.75) is 26.8 Å². The number of amides is 1. The third-order valence-corrected chi connectivity index (χ3v) is 5.08. The van der Waals surface area contributed by atoms with Crippen LogP contribution in [0.15, 0.2) is 54.6 Å². The Hall–Kier alpha value is -2.85. The number of likely N-dealkylation sites (N-methyl/N-ethyl adjacent to an activating group) is 1. The van der Waals surface area contributed by atoms with Crippen molar-refractivity contribution in [2.24, 2.45) is 0 Å². The highest BCUT2D eigenvalue weighted by molar-refractivity contribution is 5.93. The summed E-state index contributed by atoms with van der Waals surface area (Å²) in [5.41, 5.74) is 4.46. The summed E-state index contributed by atoms with van der Waals surface area (Å²) in [4.78, 5) is 13.7. The van der Waals surface area contributed by atoms with Gasteiger partial charge in [-0.15, -0.1) is 0 Å². The molecule has 0 fully saturated rings. The maximum Gasteiger partial charge on any atom is 0.279 e. The number of para-hydroxylation sites is 1. The molecule has 2 N–H and O–H groups in total. The monoisotopic (exact) mass is 377 g/mol. The van der Waals surface area contributed by atoms with Crippen LogP contribution in [-0.4, -0.2) is 26.6 Å². The normalized spacial score (nSPS) is 12.0. The lowest BCUT2D eigenvalue weighted by atomic mass is 10.1. The lowest BCUT2D eigenvalue weighted by Crippen LogP contribution is -3.08. The van der Waals surface area contributed by atoms with Gasteiger partial charge in [-0.05, 0) is 53.4 Å². The Bertz CT molecular complexity index is 982. The number of nitrogens with one attached hydrogen (secondary N) is 2. The van der Waals surface area contributed by atoms with Crippen LogP contribution < -0.4 is 15.0 Å². The Balaban J connectivity index is 1.64. The summed E-state index contributed by atoms with van der Waals surface area (Å²) in [5, 5.41) is 5.46. The van der Waals surface area contributed by atoms with Crippen LogP contribution in [0.2, 0.25) is 0 Å². The lowest BCUT2D eigenvalue weighted by Gasteiger charge is -2.16. The Labute approximate surface area is 167 Å². The van der Waals surface area contributed by atoms with Gasteiger partial charge in [0.25, 0.3) is 5.91 Å². The fourth-order valence-electron chi connectivity index (χ4n) is 3.58. The summed E-state index contributed by atoms with van der Waals surface area (Å²) < 4.78 is 5.29. The van der Waals surface area contributed by atoms with E-state index in [1.807, 2.05) is 31.2 Å². The second kappa shape index (κ2) is 8.89. The van der Waals surface area contributed by atoms with Crippen molar-refractivity contribution in [2.75, 3.05) is 26.0 Å². The van der Waals surface area contributed by atoms with Crippen LogP contribution in [0.1, 0.15) is 23.6 Å². The molecule has 4 nitrogen and oxygen atoms in total. The number of anilines is 1. The maximum absolute atomic E-state index is 12.6. The Morgan fingerprint density at radius 1 is 1.07 bits per heavy atom. The zero-order valence-electron chi connectivity index (χ0n) is 17.1. The van der Waals surface area contributed by atoms with Gasteiger partial charge in [-0.25, -0.2) is 0 Å². The highest BCUT2D eigenvalue weighted by Gasteiger charge is 2.14. The van der Waals surface area contributed by atoms with E-state index >= 15 is 0 Å². The largest absolute Gasteiger partial charge is 0.497 e. The first kappa shape index (κ1) is 19.9. The van der Waals surface area contributed by atoms with Gasteiger partial charge in [0.05, 0.1) is 14.2 Å². The third-order valence-electron chi connectivity index (χ3n) is 5.08. The average Bonchev–Trinajstić information content (AvgIpc) is 2.68. The number of hydrogen-bond acceptors (Lipinski definition) is 2. The molecule has 28 heavy (non-hydrogen) atoms. The van der Waals surface area contributed by atoms with E-state index in [4.69, 9.17) is 4.74 Å². The summed E-state index contributed by atoms with van der Waals surface area (Å²) in [7, 11) is 3.73. The Morgan fingerprint density at radius 2 is 1.82 bits per heavy atom. The predicted octanol–water partition coefficient (Wildman–Crippen LogP) is 3.37. The van der Waals surface area contributed by atoms with Gasteiger partial charge in [0.15, 0.2) is 6.54 Å². The second-order valence-electron chi connectivity index (χ2n) is 7.37. The number of fused-ring (bicyclic) bond motifs is 1. The quantitative estimate of drug-likeness (QED) is 0.663. The van der Waals surface area contributed by atoms with E-state index in [1.54, 1.807) is 7.11 Å². The molecule has 0 radical (unpaired) electrons. The van der Waals surface area contributed by atoms with Gasteiger partial charge in [0.2, 0.25) is 0 Å². The second-order valence-corrected chi connectivity index (χ2v) is 7.37. The van der Waals surface area contributed by atoms with Gasteiger partial charge >= 0.3 is 0 Å². The van der Waals surface area contributed by atoms with Crippen LogP contribution in [0.4, 0.5) is 5.69 Å². The first-order valence-corrected chi connectivity index (χ1v) is 9.76. The van der Waals surface area contributed by atoms with Crippen molar-refractivity contribution in [1.82, 2.24) is 0 Å². The minimum absolute atomic E-state index is 0.0482. The first-order valence-electron chi connectivity index (χ1n) is 9.76. The molecule has 3 aromatic carbocycles. The number of ether oxygens (including phenoxy) is 1. The average molecular weight is 378 g/mol. The molecule has 0 aliphatic rings. The van der Waals surface area contributed by atoms with Crippen molar-refractivity contribution in [3.05, 3.63) is 71.3 Å². The molecule has 0 aliphatic heterocycles. The highest BCUT2D eigenvalue weighted by Crippen LogP contribution is 2.22. The molecule has 4 heteroatoms. The topological polar surface area (TPSA) is 42.8 Å². The summed E-state index contributed by atoms with van der Waals surface area (Å²) >= 11 is 0. The van der Waals surface area contributed by atoms with Crippen molar-refractivity contribution in [3.63, 3.8) is 0 Å². The van der Waals surface area contributed by atoms with E-state index in [0.717, 1.165) is 40.3 Å². The fourth-order valence-corrected chi connectivity index (χ4v) is 3.58. The Kier molecular flexibility index (Phi) is 6.32. The van der Waals surface area contributed by atoms with Crippen LogP contribution >= 0.6 is 0 Å². The molecule has 1 unspecified atom stereocenters. The molecule has 1 amide bonds. The van der Waals surface area contributed by atoms with Crippen LogP contribution in [0.25, 0.3) is 10.8 Å². The van der Waals surface area contributed by atoms with Crippen LogP contribution in [0.3, 0.4) is 0 Å². The number of rotatable bonds is 7. The van der Waals surface area contributed by atoms with Gasteiger partial charge in [0.1, 0.15) is 12.3 Å². The SMILES string of the molecule is CCc1cccc(C)c1NC(=O)C[NH+](C)Cc1ccc2cc(OC)ccc2c1. The van der Waals surface area contributed by atoms with E-state index in [9.17, 15) is 4.79 Å². The summed E-state index contributed by atoms with van der Waals surface area (Å²) in [6.07, 6.45) is 0.905. The van der Waals surface area contributed by atoms with E-state index in [-0.39, 0.29) is 5.91 Å². The lowest BCUT2D eigenvalue weighted by molar-refractivity contribution is -0.885. The molecule has 3 rings (SSSR count). The molecular formula is C24H29N2O2+. The van der Waals surface area contributed by atoms with Gasteiger partial charge in [-0.2, -0.15) is 0 Å². The number of aryl methyl sites for hydroxylation is 2. The molecule has 1 atom stereocenters. The van der Waals surface area contributed by atoms with Gasteiger partial charge in [-0.3, -0.25) is 4.79 Å². The first-order chi connectivity index (χ1) is 13.5. The van der Waals surface area contributed by atoms with Crippen molar-refractivity contribution in [3.8, 4) is 5.75 Å². The van der Waals surface area contributed by atoms with Crippen LogP contribution in [-0.2, 0) is 17.8 Å². The smallest absolute Gasteiger partial charge is 0.279 e. The van der Waals surface area contributed by atoms with Gasteiger partial charge in [-0.1, -0.05) is 43.3 Å². The highest BCUT2D eigenvalue weighted by atomic mass is 16.5. The van der Waals surface area contributed by atoms with Crippen LogP contribution in [0.5, 0.6) is 5.75 Å². The summed E-state index contributed by atoms with van der Waals surface area (Å²) in [6, 6.07) is 18.7. The number of quaternary nitrogens is 1. The fraction of sp³-hybridized carbons (Fsp3) is 0.292. The molecule has 0 saturated heterocycles. The molecule has 3 aromatic rings. The van der Waals surface area contributed by atoms with E-state index in [1.165, 1.54) is 16.5 Å². The minimum Gasteiger partial charge on any atom is -0.497 e. The number of carbonyl (C=O) groups is 1. The molecule has 0 saturated carbocycles. The summed E-state index contributed by atoms with van der Waals surface area (Å²) in [5.74, 6) is 0.911. The maximum atomic E-state index is 12.6. The molecule has 0 spiro atoms.